The fourth-order valence-corrected chi connectivity index (χ4v) is 1.26. The fourth-order valence-electron chi connectivity index (χ4n) is 1.26. The number of hydrogen-bond donors (Lipinski definition) is 0. The van der Waals surface area contributed by atoms with Crippen LogP contribution in [-0.4, -0.2) is 43.8 Å². The molecule has 0 fully saturated rings. The smallest absolute Gasteiger partial charge is 0.343 e. The topological polar surface area (TPSA) is 61.8 Å². The minimum Gasteiger partial charge on any atom is -0.460 e. The molecule has 0 spiro atoms. The summed E-state index contributed by atoms with van der Waals surface area (Å²) in [5.41, 5.74) is 0. The van der Waals surface area contributed by atoms with E-state index < -0.39 is 12.1 Å². The van der Waals surface area contributed by atoms with Crippen LogP contribution in [0.2, 0.25) is 0 Å². The summed E-state index contributed by atoms with van der Waals surface area (Å²) in [6.45, 7) is 8.28. The van der Waals surface area contributed by atoms with Crippen LogP contribution < -0.4 is 0 Å². The van der Waals surface area contributed by atoms with Crippen molar-refractivity contribution in [3.8, 4) is 0 Å². The van der Waals surface area contributed by atoms with E-state index >= 15 is 0 Å². The van der Waals surface area contributed by atoms with Crippen LogP contribution in [0.15, 0.2) is 0 Å². The fraction of sp³-hybridized carbons (Fsp3) is 0.857. The minimum absolute atomic E-state index is 0.113. The molecular formula is C14H26O5. The lowest BCUT2D eigenvalue weighted by molar-refractivity contribution is -0.167. The maximum atomic E-state index is 11.9. The van der Waals surface area contributed by atoms with Crippen molar-refractivity contribution >= 4 is 11.8 Å². The van der Waals surface area contributed by atoms with Gasteiger partial charge in [0.2, 0.25) is 6.10 Å². The molecule has 0 aliphatic carbocycles. The van der Waals surface area contributed by atoms with Crippen LogP contribution in [-0.2, 0) is 23.8 Å². The normalized spacial score (nSPS) is 13.9. The first-order chi connectivity index (χ1) is 9.06. The number of esters is 1. The lowest BCUT2D eigenvalue weighted by Gasteiger charge is -2.18. The summed E-state index contributed by atoms with van der Waals surface area (Å²) in [6, 6.07) is 0. The third kappa shape index (κ3) is 7.95. The van der Waals surface area contributed by atoms with Crippen LogP contribution in [0.3, 0.4) is 0 Å². The number of rotatable bonds is 11. The van der Waals surface area contributed by atoms with E-state index in [1.165, 1.54) is 0 Å². The Balaban J connectivity index is 4.42. The van der Waals surface area contributed by atoms with Crippen molar-refractivity contribution in [1.29, 1.82) is 0 Å². The highest BCUT2D eigenvalue weighted by molar-refractivity contribution is 6.02. The van der Waals surface area contributed by atoms with Crippen molar-refractivity contribution in [3.63, 3.8) is 0 Å². The molecule has 0 aliphatic heterocycles. The minimum atomic E-state index is -1.16. The second-order valence-corrected chi connectivity index (χ2v) is 4.43. The summed E-state index contributed by atoms with van der Waals surface area (Å²) in [4.78, 5) is 23.8. The van der Waals surface area contributed by atoms with E-state index in [-0.39, 0.29) is 18.5 Å². The van der Waals surface area contributed by atoms with E-state index in [2.05, 4.69) is 0 Å². The van der Waals surface area contributed by atoms with Gasteiger partial charge in [-0.05, 0) is 26.2 Å². The van der Waals surface area contributed by atoms with Crippen molar-refractivity contribution in [2.45, 2.75) is 59.2 Å². The average Bonchev–Trinajstić information content (AvgIpc) is 2.39. The van der Waals surface area contributed by atoms with Crippen molar-refractivity contribution in [2.75, 3.05) is 19.8 Å². The molecule has 19 heavy (non-hydrogen) atoms. The predicted molar refractivity (Wildman–Crippen MR) is 72.0 cm³/mol. The lowest BCUT2D eigenvalue weighted by Crippen LogP contribution is -2.38. The molecule has 0 saturated carbocycles. The second-order valence-electron chi connectivity index (χ2n) is 4.43. The average molecular weight is 274 g/mol. The highest BCUT2D eigenvalue weighted by Crippen LogP contribution is 2.05. The third-order valence-corrected chi connectivity index (χ3v) is 2.48. The Bertz CT molecular complexity index is 265. The Morgan fingerprint density at radius 1 is 1.05 bits per heavy atom. The van der Waals surface area contributed by atoms with Gasteiger partial charge in [0.1, 0.15) is 6.61 Å². The molecule has 0 aromatic carbocycles. The van der Waals surface area contributed by atoms with E-state index in [0.29, 0.717) is 19.6 Å². The summed E-state index contributed by atoms with van der Waals surface area (Å²) in [5, 5.41) is 0. The molecule has 0 radical (unpaired) electrons. The molecule has 2 atom stereocenters. The standard InChI is InChI=1S/C14H26O5/c1-5-8-17-10-12(15)13(18-9-6-2)14(16)19-11(4)7-3/h11,13H,5-10H2,1-4H3. The van der Waals surface area contributed by atoms with Gasteiger partial charge in [-0.15, -0.1) is 0 Å². The zero-order valence-electron chi connectivity index (χ0n) is 12.4. The van der Waals surface area contributed by atoms with Crippen molar-refractivity contribution in [2.24, 2.45) is 0 Å². The maximum Gasteiger partial charge on any atom is 0.343 e. The van der Waals surface area contributed by atoms with Gasteiger partial charge < -0.3 is 14.2 Å². The van der Waals surface area contributed by atoms with Gasteiger partial charge in [0.25, 0.3) is 0 Å². The zero-order valence-corrected chi connectivity index (χ0v) is 12.4. The first kappa shape index (κ1) is 18.1. The van der Waals surface area contributed by atoms with E-state index in [1.54, 1.807) is 6.92 Å². The molecule has 0 aromatic heterocycles. The quantitative estimate of drug-likeness (QED) is 0.328. The van der Waals surface area contributed by atoms with Crippen molar-refractivity contribution < 1.29 is 23.8 Å². The lowest BCUT2D eigenvalue weighted by atomic mass is 10.2. The number of Topliss-reactive ketones (excluding diaryl/α,β-unsaturated/α-hetero) is 1. The Kier molecular flexibility index (Phi) is 10.4. The monoisotopic (exact) mass is 274 g/mol. The molecule has 0 N–H and O–H groups in total. The van der Waals surface area contributed by atoms with Gasteiger partial charge in [0.15, 0.2) is 5.78 Å². The summed E-state index contributed by atoms with van der Waals surface area (Å²) >= 11 is 0. The molecular weight excluding hydrogens is 248 g/mol. The van der Waals surface area contributed by atoms with Gasteiger partial charge in [0, 0.05) is 13.2 Å². The molecule has 5 heteroatoms. The largest absolute Gasteiger partial charge is 0.460 e. The van der Waals surface area contributed by atoms with Crippen molar-refractivity contribution in [1.82, 2.24) is 0 Å². The Labute approximate surface area is 115 Å². The summed E-state index contributed by atoms with van der Waals surface area (Å²) in [5.74, 6) is -0.997. The molecule has 0 heterocycles. The number of carbonyl (C=O) groups is 2. The molecule has 0 saturated heterocycles. The summed E-state index contributed by atoms with van der Waals surface area (Å²) in [7, 11) is 0. The summed E-state index contributed by atoms with van der Waals surface area (Å²) < 4.78 is 15.6. The van der Waals surface area contributed by atoms with Gasteiger partial charge in [-0.3, -0.25) is 4.79 Å². The number of carbonyl (C=O) groups excluding carboxylic acids is 2. The first-order valence-corrected chi connectivity index (χ1v) is 6.99. The van der Waals surface area contributed by atoms with Crippen LogP contribution in [0, 0.1) is 0 Å². The predicted octanol–water partition coefficient (Wildman–Crippen LogP) is 2.12. The number of hydrogen-bond acceptors (Lipinski definition) is 5. The number of ether oxygens (including phenoxy) is 3. The molecule has 0 amide bonds. The molecule has 5 nitrogen and oxygen atoms in total. The Morgan fingerprint density at radius 2 is 1.68 bits per heavy atom. The Morgan fingerprint density at radius 3 is 2.21 bits per heavy atom. The SMILES string of the molecule is CCCOCC(=O)C(OCCC)C(=O)OC(C)CC. The zero-order chi connectivity index (χ0) is 14.7. The summed E-state index contributed by atoms with van der Waals surface area (Å²) in [6.07, 6.45) is 0.879. The van der Waals surface area contributed by atoms with Crippen molar-refractivity contribution in [3.05, 3.63) is 0 Å². The molecule has 0 rings (SSSR count). The molecule has 0 aliphatic rings. The van der Waals surface area contributed by atoms with Gasteiger partial charge in [-0.1, -0.05) is 20.8 Å². The molecule has 2 unspecified atom stereocenters. The molecule has 0 bridgehead atoms. The number of ketones is 1. The molecule has 112 valence electrons. The van der Waals surface area contributed by atoms with E-state index in [4.69, 9.17) is 14.2 Å². The highest BCUT2D eigenvalue weighted by atomic mass is 16.6. The maximum absolute atomic E-state index is 11.9. The van der Waals surface area contributed by atoms with Gasteiger partial charge in [-0.25, -0.2) is 4.79 Å². The van der Waals surface area contributed by atoms with Crippen LogP contribution in [0.4, 0.5) is 0 Å². The third-order valence-electron chi connectivity index (χ3n) is 2.48. The van der Waals surface area contributed by atoms with Crippen LogP contribution >= 0.6 is 0 Å². The highest BCUT2D eigenvalue weighted by Gasteiger charge is 2.29. The van der Waals surface area contributed by atoms with Crippen LogP contribution in [0.1, 0.15) is 47.0 Å². The van der Waals surface area contributed by atoms with Crippen LogP contribution in [0.25, 0.3) is 0 Å². The Hall–Kier alpha value is -0.940. The first-order valence-electron chi connectivity index (χ1n) is 6.99. The molecule has 0 aromatic rings. The van der Waals surface area contributed by atoms with Gasteiger partial charge in [-0.2, -0.15) is 0 Å². The van der Waals surface area contributed by atoms with Gasteiger partial charge >= 0.3 is 5.97 Å². The van der Waals surface area contributed by atoms with E-state index in [0.717, 1.165) is 12.8 Å². The van der Waals surface area contributed by atoms with E-state index in [1.807, 2.05) is 20.8 Å². The van der Waals surface area contributed by atoms with Gasteiger partial charge in [0.05, 0.1) is 6.10 Å². The van der Waals surface area contributed by atoms with E-state index in [9.17, 15) is 9.59 Å². The van der Waals surface area contributed by atoms with Crippen LogP contribution in [0.5, 0.6) is 0 Å². The second kappa shape index (κ2) is 10.9.